The van der Waals surface area contributed by atoms with E-state index in [0.29, 0.717) is 42.8 Å². The van der Waals surface area contributed by atoms with Crippen LogP contribution in [0.15, 0.2) is 96.0 Å². The molecule has 1 aliphatic rings. The molecule has 6 nitrogen and oxygen atoms in total. The molecule has 10 heteroatoms. The summed E-state index contributed by atoms with van der Waals surface area (Å²) in [4.78, 5) is 7.32. The second-order valence-corrected chi connectivity index (χ2v) is 12.9. The Kier molecular flexibility index (Phi) is 7.61. The molecule has 5 aromatic rings. The highest BCUT2D eigenvalue weighted by atomic mass is 35.5. The van der Waals surface area contributed by atoms with E-state index in [1.807, 2.05) is 48.5 Å². The summed E-state index contributed by atoms with van der Waals surface area (Å²) in [5, 5.41) is 1.19. The minimum Gasteiger partial charge on any atom is -0.301 e. The Morgan fingerprint density at radius 1 is 0.725 bits per heavy atom. The molecule has 1 fully saturated rings. The molecule has 0 radical (unpaired) electrons. The molecule has 0 atom stereocenters. The summed E-state index contributed by atoms with van der Waals surface area (Å²) in [6.07, 6.45) is 2.12. The lowest BCUT2D eigenvalue weighted by molar-refractivity contribution is 0.180. The molecule has 0 aliphatic carbocycles. The zero-order valence-corrected chi connectivity index (χ0v) is 24.4. The summed E-state index contributed by atoms with van der Waals surface area (Å²) in [5.74, 6) is 0. The lowest BCUT2D eigenvalue weighted by Crippen LogP contribution is -2.48. The zero-order valence-electron chi connectivity index (χ0n) is 21.3. The molecule has 0 N–H and O–H groups in total. The predicted molar refractivity (Wildman–Crippen MR) is 162 cm³/mol. The van der Waals surface area contributed by atoms with E-state index in [-0.39, 0.29) is 9.92 Å². The molecular formula is C30H25Cl3N4O2S. The van der Waals surface area contributed by atoms with Gasteiger partial charge in [0, 0.05) is 54.5 Å². The van der Waals surface area contributed by atoms with E-state index in [0.717, 1.165) is 33.7 Å². The topological polar surface area (TPSA) is 57.9 Å². The normalized spacial score (nSPS) is 15.1. The number of hydrogen-bond acceptors (Lipinski definition) is 4. The van der Waals surface area contributed by atoms with E-state index < -0.39 is 10.0 Å². The molecule has 0 amide bonds. The zero-order chi connectivity index (χ0) is 27.9. The van der Waals surface area contributed by atoms with Gasteiger partial charge in [-0.05, 0) is 53.6 Å². The lowest BCUT2D eigenvalue weighted by Gasteiger charge is -2.34. The maximum absolute atomic E-state index is 13.3. The number of piperazine rings is 1. The van der Waals surface area contributed by atoms with Crippen LogP contribution < -0.4 is 0 Å². The molecule has 40 heavy (non-hydrogen) atoms. The van der Waals surface area contributed by atoms with Gasteiger partial charge in [-0.2, -0.15) is 4.31 Å². The molecule has 0 unspecified atom stereocenters. The number of fused-ring (bicyclic) bond motifs is 1. The van der Waals surface area contributed by atoms with Gasteiger partial charge in [0.2, 0.25) is 10.0 Å². The third-order valence-corrected chi connectivity index (χ3v) is 10.0. The molecular weight excluding hydrogens is 587 g/mol. The molecule has 0 saturated carbocycles. The van der Waals surface area contributed by atoms with Crippen molar-refractivity contribution in [1.29, 1.82) is 0 Å². The monoisotopic (exact) mass is 610 g/mol. The number of nitrogens with zero attached hydrogens (tertiary/aromatic N) is 4. The Hall–Kier alpha value is -2.91. The molecule has 6 rings (SSSR count). The first-order valence-corrected chi connectivity index (χ1v) is 15.4. The van der Waals surface area contributed by atoms with E-state index in [9.17, 15) is 8.42 Å². The van der Waals surface area contributed by atoms with Crippen LogP contribution in [0.25, 0.3) is 28.0 Å². The van der Waals surface area contributed by atoms with Crippen LogP contribution in [0.1, 0.15) is 5.69 Å². The Bertz CT molecular complexity index is 1780. The quantitative estimate of drug-likeness (QED) is 0.205. The third kappa shape index (κ3) is 5.38. The maximum Gasteiger partial charge on any atom is 0.244 e. The average Bonchev–Trinajstić information content (AvgIpc) is 3.31. The van der Waals surface area contributed by atoms with Crippen molar-refractivity contribution >= 4 is 50.5 Å². The molecule has 3 heterocycles. The van der Waals surface area contributed by atoms with Crippen LogP contribution in [-0.4, -0.2) is 53.2 Å². The standard InChI is InChI=1S/C30H25Cl3N4O2S/c31-24-9-6-22(7-10-24)30-27(37-19-23(8-13-29(37)34-30)21-4-2-1-3-5-21)20-35-14-16-36(17-15-35)40(38,39)28-12-11-25(32)18-26(28)33/h1-13,18-19H,14-17,20H2. The van der Waals surface area contributed by atoms with Gasteiger partial charge in [-0.25, -0.2) is 13.4 Å². The van der Waals surface area contributed by atoms with E-state index in [2.05, 4.69) is 33.7 Å². The molecule has 2 aromatic heterocycles. The maximum atomic E-state index is 13.3. The van der Waals surface area contributed by atoms with Crippen LogP contribution in [0.3, 0.4) is 0 Å². The largest absolute Gasteiger partial charge is 0.301 e. The molecule has 3 aromatic carbocycles. The Morgan fingerprint density at radius 3 is 2.10 bits per heavy atom. The van der Waals surface area contributed by atoms with Gasteiger partial charge < -0.3 is 4.40 Å². The van der Waals surface area contributed by atoms with Crippen molar-refractivity contribution in [3.05, 3.63) is 112 Å². The molecule has 204 valence electrons. The average molecular weight is 612 g/mol. The van der Waals surface area contributed by atoms with Crippen LogP contribution >= 0.6 is 34.8 Å². The number of benzene rings is 3. The molecule has 1 aliphatic heterocycles. The predicted octanol–water partition coefficient (Wildman–Crippen LogP) is 7.14. The smallest absolute Gasteiger partial charge is 0.244 e. The van der Waals surface area contributed by atoms with Crippen LogP contribution in [-0.2, 0) is 16.6 Å². The minimum absolute atomic E-state index is 0.0762. The number of rotatable bonds is 6. The van der Waals surface area contributed by atoms with Gasteiger partial charge in [-0.15, -0.1) is 0 Å². The van der Waals surface area contributed by atoms with Gasteiger partial charge in [-0.3, -0.25) is 4.90 Å². The number of halogens is 3. The van der Waals surface area contributed by atoms with E-state index in [1.54, 1.807) is 6.07 Å². The second-order valence-electron chi connectivity index (χ2n) is 9.68. The highest BCUT2D eigenvalue weighted by Gasteiger charge is 2.31. The Morgan fingerprint density at radius 2 is 1.40 bits per heavy atom. The van der Waals surface area contributed by atoms with E-state index in [4.69, 9.17) is 39.8 Å². The van der Waals surface area contributed by atoms with Crippen LogP contribution in [0, 0.1) is 0 Å². The fourth-order valence-electron chi connectivity index (χ4n) is 5.05. The number of imidazole rings is 1. The van der Waals surface area contributed by atoms with Gasteiger partial charge >= 0.3 is 0 Å². The van der Waals surface area contributed by atoms with Crippen LogP contribution in [0.5, 0.6) is 0 Å². The molecule has 0 bridgehead atoms. The number of pyridine rings is 1. The summed E-state index contributed by atoms with van der Waals surface area (Å²) in [5.41, 5.74) is 5.94. The SMILES string of the molecule is O=S(=O)(c1ccc(Cl)cc1Cl)N1CCN(Cc2c(-c3ccc(Cl)cc3)nc3ccc(-c4ccccc4)cn23)CC1. The van der Waals surface area contributed by atoms with E-state index in [1.165, 1.54) is 16.4 Å². The van der Waals surface area contributed by atoms with Gasteiger partial charge in [0.05, 0.1) is 16.4 Å². The van der Waals surface area contributed by atoms with Crippen LogP contribution in [0.4, 0.5) is 0 Å². The van der Waals surface area contributed by atoms with Gasteiger partial charge in [-0.1, -0.05) is 77.3 Å². The summed E-state index contributed by atoms with van der Waals surface area (Å²) in [6, 6.07) is 26.5. The van der Waals surface area contributed by atoms with Crippen molar-refractivity contribution in [2.24, 2.45) is 0 Å². The highest BCUT2D eigenvalue weighted by molar-refractivity contribution is 7.89. The van der Waals surface area contributed by atoms with Crippen molar-refractivity contribution in [3.8, 4) is 22.4 Å². The second kappa shape index (κ2) is 11.2. The number of hydrogen-bond donors (Lipinski definition) is 0. The number of aromatic nitrogens is 2. The van der Waals surface area contributed by atoms with Crippen molar-refractivity contribution in [2.45, 2.75) is 11.4 Å². The summed E-state index contributed by atoms with van der Waals surface area (Å²) >= 11 is 18.4. The fraction of sp³-hybridized carbons (Fsp3) is 0.167. The molecule has 1 saturated heterocycles. The summed E-state index contributed by atoms with van der Waals surface area (Å²) < 4.78 is 30.3. The third-order valence-electron chi connectivity index (χ3n) is 7.16. The Labute approximate surface area is 248 Å². The van der Waals surface area contributed by atoms with Gasteiger partial charge in [0.1, 0.15) is 10.5 Å². The fourth-order valence-corrected chi connectivity index (χ4v) is 7.34. The van der Waals surface area contributed by atoms with Crippen molar-refractivity contribution < 1.29 is 8.42 Å². The highest BCUT2D eigenvalue weighted by Crippen LogP contribution is 2.31. The van der Waals surface area contributed by atoms with Gasteiger partial charge in [0.15, 0.2) is 0 Å². The summed E-state index contributed by atoms with van der Waals surface area (Å²) in [7, 11) is -3.74. The summed E-state index contributed by atoms with van der Waals surface area (Å²) in [6.45, 7) is 2.44. The van der Waals surface area contributed by atoms with Gasteiger partial charge in [0.25, 0.3) is 0 Å². The van der Waals surface area contributed by atoms with E-state index >= 15 is 0 Å². The van der Waals surface area contributed by atoms with Crippen molar-refractivity contribution in [1.82, 2.24) is 18.6 Å². The van der Waals surface area contributed by atoms with Crippen molar-refractivity contribution in [3.63, 3.8) is 0 Å². The van der Waals surface area contributed by atoms with Crippen LogP contribution in [0.2, 0.25) is 15.1 Å². The first kappa shape index (κ1) is 27.3. The molecule has 0 spiro atoms. The Balaban J connectivity index is 1.30. The lowest BCUT2D eigenvalue weighted by atomic mass is 10.1. The first-order valence-electron chi connectivity index (χ1n) is 12.8. The van der Waals surface area contributed by atoms with Crippen molar-refractivity contribution in [2.75, 3.05) is 26.2 Å². The minimum atomic E-state index is -3.74. The number of sulfonamides is 1. The first-order chi connectivity index (χ1) is 19.3.